The third-order valence-corrected chi connectivity index (χ3v) is 6.64. The molecule has 2 amide bonds. The van der Waals surface area contributed by atoms with Crippen LogP contribution in [0.15, 0.2) is 46.9 Å². The molecule has 1 N–H and O–H groups in total. The molecule has 1 unspecified atom stereocenters. The fourth-order valence-corrected chi connectivity index (χ4v) is 4.59. The number of carbonyl (C=O) groups is 2. The van der Waals surface area contributed by atoms with Gasteiger partial charge in [0.1, 0.15) is 11.8 Å². The smallest absolute Gasteiger partial charge is 0.261 e. The summed E-state index contributed by atoms with van der Waals surface area (Å²) in [5, 5.41) is 4.18. The van der Waals surface area contributed by atoms with Crippen LogP contribution >= 0.6 is 39.1 Å². The number of nitrogens with one attached hydrogen (secondary N) is 1. The molecule has 1 aliphatic carbocycles. The summed E-state index contributed by atoms with van der Waals surface area (Å²) in [4.78, 5) is 27.5. The van der Waals surface area contributed by atoms with Gasteiger partial charge in [0.15, 0.2) is 6.61 Å². The number of amides is 2. The van der Waals surface area contributed by atoms with Crippen molar-refractivity contribution in [1.29, 1.82) is 0 Å². The van der Waals surface area contributed by atoms with E-state index in [4.69, 9.17) is 27.9 Å². The van der Waals surface area contributed by atoms with Crippen molar-refractivity contribution in [1.82, 2.24) is 10.2 Å². The van der Waals surface area contributed by atoms with E-state index in [0.29, 0.717) is 20.3 Å². The largest absolute Gasteiger partial charge is 0.483 e. The molecule has 0 aromatic heterocycles. The lowest BCUT2D eigenvalue weighted by molar-refractivity contribution is -0.142. The normalized spacial score (nSPS) is 14.8. The third-order valence-electron chi connectivity index (χ3n) is 5.41. The van der Waals surface area contributed by atoms with Gasteiger partial charge < -0.3 is 15.0 Å². The Morgan fingerprint density at radius 2 is 1.90 bits per heavy atom. The van der Waals surface area contributed by atoms with Gasteiger partial charge in [-0.15, -0.1) is 0 Å². The summed E-state index contributed by atoms with van der Waals surface area (Å²) in [6.45, 7) is 1.73. The second-order valence-electron chi connectivity index (χ2n) is 7.64. The maximum atomic E-state index is 13.1. The summed E-state index contributed by atoms with van der Waals surface area (Å²) in [6, 6.07) is 11.9. The molecule has 0 radical (unpaired) electrons. The minimum atomic E-state index is -0.665. The Balaban J connectivity index is 1.74. The SMILES string of the molecule is CC(C(=O)NC1CCCC1)N(Cc1ccccc1Cl)C(=O)COc1ccc(Cl)cc1Br. The number of hydrogen-bond acceptors (Lipinski definition) is 3. The minimum Gasteiger partial charge on any atom is -0.483 e. The van der Waals surface area contributed by atoms with E-state index in [9.17, 15) is 9.59 Å². The maximum Gasteiger partial charge on any atom is 0.261 e. The first-order valence-electron chi connectivity index (χ1n) is 10.3. The molecule has 2 aromatic carbocycles. The fourth-order valence-electron chi connectivity index (χ4n) is 3.60. The van der Waals surface area contributed by atoms with Crippen LogP contribution in [0.3, 0.4) is 0 Å². The highest BCUT2D eigenvalue weighted by atomic mass is 79.9. The highest BCUT2D eigenvalue weighted by Gasteiger charge is 2.29. The lowest BCUT2D eigenvalue weighted by Gasteiger charge is -2.30. The standard InChI is InChI=1S/C23H25BrCl2N2O3/c1-15(23(30)27-18-7-3-4-8-18)28(13-16-6-2-5-9-20(16)26)22(29)14-31-21-11-10-17(25)12-19(21)24/h2,5-6,9-12,15,18H,3-4,7-8,13-14H2,1H3,(H,27,30). The first-order chi connectivity index (χ1) is 14.8. The molecule has 0 heterocycles. The quantitative estimate of drug-likeness (QED) is 0.485. The summed E-state index contributed by atoms with van der Waals surface area (Å²) < 4.78 is 6.35. The van der Waals surface area contributed by atoms with E-state index in [-0.39, 0.29) is 31.0 Å². The van der Waals surface area contributed by atoms with E-state index in [1.165, 1.54) is 4.90 Å². The third kappa shape index (κ3) is 6.61. The zero-order valence-corrected chi connectivity index (χ0v) is 20.3. The second kappa shape index (κ2) is 11.2. The van der Waals surface area contributed by atoms with Gasteiger partial charge in [0.25, 0.3) is 5.91 Å². The van der Waals surface area contributed by atoms with Crippen molar-refractivity contribution in [2.24, 2.45) is 0 Å². The van der Waals surface area contributed by atoms with Gasteiger partial charge in [-0.25, -0.2) is 0 Å². The zero-order valence-electron chi connectivity index (χ0n) is 17.2. The monoisotopic (exact) mass is 526 g/mol. The molecule has 8 heteroatoms. The highest BCUT2D eigenvalue weighted by molar-refractivity contribution is 9.10. The average Bonchev–Trinajstić information content (AvgIpc) is 3.25. The summed E-state index contributed by atoms with van der Waals surface area (Å²) in [6.07, 6.45) is 4.19. The van der Waals surface area contributed by atoms with Crippen molar-refractivity contribution in [2.45, 2.75) is 51.2 Å². The number of rotatable bonds is 8. The van der Waals surface area contributed by atoms with Crippen molar-refractivity contribution in [3.05, 3.63) is 62.5 Å². The Bertz CT molecular complexity index is 935. The van der Waals surface area contributed by atoms with Gasteiger partial charge in [0.2, 0.25) is 5.91 Å². The average molecular weight is 528 g/mol. The van der Waals surface area contributed by atoms with Gasteiger partial charge in [-0.3, -0.25) is 9.59 Å². The molecule has 0 aliphatic heterocycles. The molecule has 3 rings (SSSR count). The second-order valence-corrected chi connectivity index (χ2v) is 9.34. The number of hydrogen-bond donors (Lipinski definition) is 1. The fraction of sp³-hybridized carbons (Fsp3) is 0.391. The van der Waals surface area contributed by atoms with Crippen molar-refractivity contribution < 1.29 is 14.3 Å². The molecule has 31 heavy (non-hydrogen) atoms. The molecule has 1 aliphatic rings. The molecule has 5 nitrogen and oxygen atoms in total. The molecule has 1 atom stereocenters. The first kappa shape index (κ1) is 23.9. The Kier molecular flexibility index (Phi) is 8.64. The zero-order chi connectivity index (χ0) is 22.4. The Morgan fingerprint density at radius 1 is 1.19 bits per heavy atom. The van der Waals surface area contributed by atoms with Crippen LogP contribution in [0.25, 0.3) is 0 Å². The van der Waals surface area contributed by atoms with Crippen LogP contribution in [0.2, 0.25) is 10.0 Å². The number of ether oxygens (including phenoxy) is 1. The number of nitrogens with zero attached hydrogens (tertiary/aromatic N) is 1. The first-order valence-corrected chi connectivity index (χ1v) is 11.8. The van der Waals surface area contributed by atoms with Crippen LogP contribution in [-0.4, -0.2) is 35.4 Å². The van der Waals surface area contributed by atoms with E-state index in [2.05, 4.69) is 21.2 Å². The molecule has 1 saturated carbocycles. The maximum absolute atomic E-state index is 13.1. The van der Waals surface area contributed by atoms with Crippen molar-refractivity contribution in [3.63, 3.8) is 0 Å². The lowest BCUT2D eigenvalue weighted by atomic mass is 10.1. The minimum absolute atomic E-state index is 0.167. The molecule has 0 spiro atoms. The predicted octanol–water partition coefficient (Wildman–Crippen LogP) is 5.61. The van der Waals surface area contributed by atoms with Gasteiger partial charge in [0.05, 0.1) is 4.47 Å². The van der Waals surface area contributed by atoms with E-state index < -0.39 is 6.04 Å². The molecular formula is C23H25BrCl2N2O3. The van der Waals surface area contributed by atoms with Crippen LogP contribution in [0.4, 0.5) is 0 Å². The van der Waals surface area contributed by atoms with E-state index in [0.717, 1.165) is 31.2 Å². The van der Waals surface area contributed by atoms with Crippen molar-refractivity contribution in [3.8, 4) is 5.75 Å². The van der Waals surface area contributed by atoms with Gasteiger partial charge in [-0.05, 0) is 65.5 Å². The van der Waals surface area contributed by atoms with Gasteiger partial charge in [-0.1, -0.05) is 54.2 Å². The molecule has 2 aromatic rings. The van der Waals surface area contributed by atoms with Gasteiger partial charge in [0, 0.05) is 22.6 Å². The Labute approximate surface area is 201 Å². The number of carbonyl (C=O) groups excluding carboxylic acids is 2. The summed E-state index contributed by atoms with van der Waals surface area (Å²) >= 11 is 15.7. The van der Waals surface area contributed by atoms with E-state index >= 15 is 0 Å². The molecular weight excluding hydrogens is 503 g/mol. The summed E-state index contributed by atoms with van der Waals surface area (Å²) in [5.41, 5.74) is 0.769. The topological polar surface area (TPSA) is 58.6 Å². The van der Waals surface area contributed by atoms with Crippen LogP contribution in [0.5, 0.6) is 5.75 Å². The molecule has 0 bridgehead atoms. The lowest BCUT2D eigenvalue weighted by Crippen LogP contribution is -2.50. The van der Waals surface area contributed by atoms with Crippen LogP contribution in [0.1, 0.15) is 38.2 Å². The van der Waals surface area contributed by atoms with Gasteiger partial charge >= 0.3 is 0 Å². The number of benzene rings is 2. The van der Waals surface area contributed by atoms with E-state index in [1.807, 2.05) is 18.2 Å². The van der Waals surface area contributed by atoms with E-state index in [1.54, 1.807) is 31.2 Å². The van der Waals surface area contributed by atoms with Gasteiger partial charge in [-0.2, -0.15) is 0 Å². The highest BCUT2D eigenvalue weighted by Crippen LogP contribution is 2.28. The van der Waals surface area contributed by atoms with Crippen LogP contribution in [-0.2, 0) is 16.1 Å². The Morgan fingerprint density at radius 3 is 2.58 bits per heavy atom. The number of halogens is 3. The van der Waals surface area contributed by atoms with Crippen LogP contribution in [0, 0.1) is 0 Å². The predicted molar refractivity (Wildman–Crippen MR) is 127 cm³/mol. The van der Waals surface area contributed by atoms with Crippen LogP contribution < -0.4 is 10.1 Å². The summed E-state index contributed by atoms with van der Waals surface area (Å²) in [5.74, 6) is 0.0225. The summed E-state index contributed by atoms with van der Waals surface area (Å²) in [7, 11) is 0. The molecule has 1 fully saturated rings. The Hall–Kier alpha value is -1.76. The van der Waals surface area contributed by atoms with Crippen molar-refractivity contribution in [2.75, 3.05) is 6.61 Å². The van der Waals surface area contributed by atoms with Crippen molar-refractivity contribution >= 4 is 50.9 Å². The molecule has 166 valence electrons. The molecule has 0 saturated heterocycles.